The highest BCUT2D eigenvalue weighted by Crippen LogP contribution is 2.20. The Balaban J connectivity index is 4.59. The van der Waals surface area contributed by atoms with Crippen LogP contribution in [0, 0.1) is 0 Å². The molecule has 0 aliphatic carbocycles. The molecule has 0 N–H and O–H groups in total. The first-order valence-electron chi connectivity index (χ1n) is 3.82. The summed E-state index contributed by atoms with van der Waals surface area (Å²) in [5, 5.41) is 0. The molecule has 0 saturated carbocycles. The molecule has 0 atom stereocenters. The Bertz CT molecular complexity index is 201. The van der Waals surface area contributed by atoms with Crippen molar-refractivity contribution in [2.75, 3.05) is 6.54 Å². The number of carbonyl (C=O) groups is 1. The minimum Gasteiger partial charge on any atom is -0.327 e. The van der Waals surface area contributed by atoms with Gasteiger partial charge in [-0.3, -0.25) is 4.79 Å². The lowest BCUT2D eigenvalue weighted by Crippen LogP contribution is -2.47. The van der Waals surface area contributed by atoms with Gasteiger partial charge in [0.2, 0.25) is 0 Å². The molecule has 0 aromatic heterocycles. The fraction of sp³-hybridized carbons (Fsp3) is 0.857. The van der Waals surface area contributed by atoms with Gasteiger partial charge in [0.05, 0.1) is 6.54 Å². The number of hydrogen-bond acceptors (Lipinski definition) is 1. The minimum absolute atomic E-state index is 0.102. The molecular weight excluding hydrogens is 209 g/mol. The maximum Gasteiger partial charge on any atom is 0.471 e. The lowest BCUT2D eigenvalue weighted by atomic mass is 10.3. The van der Waals surface area contributed by atoms with E-state index in [-0.39, 0.29) is 4.90 Å². The van der Waals surface area contributed by atoms with E-state index in [1.54, 1.807) is 0 Å². The van der Waals surface area contributed by atoms with Gasteiger partial charge >= 0.3 is 12.1 Å². The minimum atomic E-state index is -5.10. The van der Waals surface area contributed by atoms with Crippen LogP contribution in [0.2, 0.25) is 0 Å². The molecule has 0 radical (unpaired) electrons. The molecule has 0 heterocycles. The van der Waals surface area contributed by atoms with Crippen molar-refractivity contribution in [1.29, 1.82) is 0 Å². The average molecular weight is 219 g/mol. The molecule has 0 unspecified atom stereocenters. The van der Waals surface area contributed by atoms with Crippen LogP contribution in [0.3, 0.4) is 0 Å². The first-order chi connectivity index (χ1) is 6.16. The third kappa shape index (κ3) is 3.89. The van der Waals surface area contributed by atoms with Crippen molar-refractivity contribution in [2.45, 2.75) is 32.5 Å². The lowest BCUT2D eigenvalue weighted by Gasteiger charge is -2.26. The summed E-state index contributed by atoms with van der Waals surface area (Å²) in [5.74, 6) is -2.23. The number of amides is 1. The van der Waals surface area contributed by atoms with Crippen molar-refractivity contribution >= 4 is 5.91 Å². The Morgan fingerprint density at radius 1 is 1.29 bits per heavy atom. The van der Waals surface area contributed by atoms with Crippen molar-refractivity contribution in [3.63, 3.8) is 0 Å². The van der Waals surface area contributed by atoms with Crippen LogP contribution in [0.25, 0.3) is 0 Å². The SMILES string of the molecule is CC(C)N(CC(F)F)C(=O)C(F)(F)F. The van der Waals surface area contributed by atoms with E-state index in [0.29, 0.717) is 0 Å². The summed E-state index contributed by atoms with van der Waals surface area (Å²) in [6, 6.07) is -0.905. The molecule has 1 amide bonds. The van der Waals surface area contributed by atoms with Gasteiger partial charge < -0.3 is 4.90 Å². The van der Waals surface area contributed by atoms with Gasteiger partial charge in [0, 0.05) is 6.04 Å². The molecule has 0 aliphatic rings. The molecule has 0 bridgehead atoms. The molecular formula is C7H10F5NO. The highest BCUT2D eigenvalue weighted by molar-refractivity contribution is 5.82. The molecule has 14 heavy (non-hydrogen) atoms. The average Bonchev–Trinajstić information content (AvgIpc) is 1.96. The molecule has 7 heteroatoms. The fourth-order valence-electron chi connectivity index (χ4n) is 0.840. The predicted molar refractivity (Wildman–Crippen MR) is 38.9 cm³/mol. The molecule has 0 rings (SSSR count). The zero-order chi connectivity index (χ0) is 11.5. The van der Waals surface area contributed by atoms with E-state index in [2.05, 4.69) is 0 Å². The van der Waals surface area contributed by atoms with Gasteiger partial charge in [0.15, 0.2) is 0 Å². The number of rotatable bonds is 3. The van der Waals surface area contributed by atoms with E-state index in [0.717, 1.165) is 0 Å². The van der Waals surface area contributed by atoms with Gasteiger partial charge in [-0.2, -0.15) is 13.2 Å². The fourth-order valence-corrected chi connectivity index (χ4v) is 0.840. The van der Waals surface area contributed by atoms with Gasteiger partial charge in [-0.15, -0.1) is 0 Å². The topological polar surface area (TPSA) is 20.3 Å². The zero-order valence-electron chi connectivity index (χ0n) is 7.61. The van der Waals surface area contributed by atoms with Gasteiger partial charge in [0.25, 0.3) is 6.43 Å². The molecule has 0 saturated heterocycles. The Morgan fingerprint density at radius 2 is 1.71 bits per heavy atom. The standard InChI is InChI=1S/C7H10F5NO/c1-4(2)13(3-5(8)9)6(14)7(10,11)12/h4-5H,3H2,1-2H3. The largest absolute Gasteiger partial charge is 0.471 e. The number of nitrogens with zero attached hydrogens (tertiary/aromatic N) is 1. The summed E-state index contributed by atoms with van der Waals surface area (Å²) in [7, 11) is 0. The third-order valence-electron chi connectivity index (χ3n) is 1.46. The van der Waals surface area contributed by atoms with Gasteiger partial charge in [-0.05, 0) is 13.8 Å². The summed E-state index contributed by atoms with van der Waals surface area (Å²) in [4.78, 5) is 10.7. The molecule has 84 valence electrons. The van der Waals surface area contributed by atoms with E-state index in [1.807, 2.05) is 0 Å². The number of halogens is 5. The Labute approximate surface area is 77.7 Å². The van der Waals surface area contributed by atoms with Crippen LogP contribution in [0.1, 0.15) is 13.8 Å². The van der Waals surface area contributed by atoms with Gasteiger partial charge in [0.1, 0.15) is 0 Å². The number of carbonyl (C=O) groups excluding carboxylic acids is 1. The summed E-state index contributed by atoms with van der Waals surface area (Å²) in [6.45, 7) is 1.29. The van der Waals surface area contributed by atoms with Crippen LogP contribution in [-0.2, 0) is 4.79 Å². The van der Waals surface area contributed by atoms with Crippen molar-refractivity contribution in [2.24, 2.45) is 0 Å². The number of alkyl halides is 5. The van der Waals surface area contributed by atoms with Crippen LogP contribution >= 0.6 is 0 Å². The number of hydrogen-bond donors (Lipinski definition) is 0. The maximum atomic E-state index is 11.9. The van der Waals surface area contributed by atoms with E-state index >= 15 is 0 Å². The van der Waals surface area contributed by atoms with Crippen LogP contribution in [0.15, 0.2) is 0 Å². The zero-order valence-corrected chi connectivity index (χ0v) is 7.61. The second-order valence-corrected chi connectivity index (χ2v) is 2.94. The van der Waals surface area contributed by atoms with Crippen molar-refractivity contribution in [1.82, 2.24) is 4.90 Å². The Morgan fingerprint density at radius 3 is 1.93 bits per heavy atom. The maximum absolute atomic E-state index is 11.9. The monoisotopic (exact) mass is 219 g/mol. The predicted octanol–water partition coefficient (Wildman–Crippen LogP) is 2.05. The van der Waals surface area contributed by atoms with E-state index in [9.17, 15) is 26.7 Å². The molecule has 0 aromatic carbocycles. The first kappa shape index (κ1) is 13.1. The smallest absolute Gasteiger partial charge is 0.327 e. The van der Waals surface area contributed by atoms with Crippen LogP contribution in [0.4, 0.5) is 22.0 Å². The van der Waals surface area contributed by atoms with Crippen molar-refractivity contribution in [3.8, 4) is 0 Å². The summed E-state index contributed by atoms with van der Waals surface area (Å²) >= 11 is 0. The third-order valence-corrected chi connectivity index (χ3v) is 1.46. The van der Waals surface area contributed by atoms with Gasteiger partial charge in [-0.1, -0.05) is 0 Å². The van der Waals surface area contributed by atoms with E-state index in [4.69, 9.17) is 0 Å². The second-order valence-electron chi connectivity index (χ2n) is 2.94. The molecule has 0 aromatic rings. The van der Waals surface area contributed by atoms with E-state index in [1.165, 1.54) is 13.8 Å². The molecule has 0 fully saturated rings. The van der Waals surface area contributed by atoms with Crippen molar-refractivity contribution < 1.29 is 26.7 Å². The molecule has 0 spiro atoms. The lowest BCUT2D eigenvalue weighted by molar-refractivity contribution is -0.188. The summed E-state index contributed by atoms with van der Waals surface area (Å²) in [5.41, 5.74) is 0. The summed E-state index contributed by atoms with van der Waals surface area (Å²) < 4.78 is 59.3. The first-order valence-corrected chi connectivity index (χ1v) is 3.82. The Hall–Kier alpha value is -0.880. The molecule has 0 aliphatic heterocycles. The highest BCUT2D eigenvalue weighted by Gasteiger charge is 2.43. The quantitative estimate of drug-likeness (QED) is 0.665. The van der Waals surface area contributed by atoms with Crippen LogP contribution in [0.5, 0.6) is 0 Å². The Kier molecular flexibility index (Phi) is 4.28. The van der Waals surface area contributed by atoms with Crippen LogP contribution in [-0.4, -0.2) is 36.0 Å². The van der Waals surface area contributed by atoms with E-state index < -0.39 is 31.1 Å². The highest BCUT2D eigenvalue weighted by atomic mass is 19.4. The van der Waals surface area contributed by atoms with Crippen LogP contribution < -0.4 is 0 Å². The van der Waals surface area contributed by atoms with Crippen molar-refractivity contribution in [3.05, 3.63) is 0 Å². The molecule has 2 nitrogen and oxygen atoms in total. The normalized spacial score (nSPS) is 12.4. The van der Waals surface area contributed by atoms with Gasteiger partial charge in [-0.25, -0.2) is 8.78 Å². The second kappa shape index (κ2) is 4.56. The summed E-state index contributed by atoms with van der Waals surface area (Å²) in [6.07, 6.45) is -8.07.